The van der Waals surface area contributed by atoms with Crippen molar-refractivity contribution in [3.8, 4) is 17.2 Å². The van der Waals surface area contributed by atoms with Crippen molar-refractivity contribution in [2.75, 3.05) is 29.0 Å². The molecule has 1 aliphatic heterocycles. The summed E-state index contributed by atoms with van der Waals surface area (Å²) in [5.41, 5.74) is 2.24. The summed E-state index contributed by atoms with van der Waals surface area (Å²) in [6, 6.07) is 14.6. The number of amides is 4. The van der Waals surface area contributed by atoms with Gasteiger partial charge in [0.15, 0.2) is 0 Å². The average molecular weight is 639 g/mol. The molecule has 3 heterocycles. The van der Waals surface area contributed by atoms with Crippen LogP contribution in [0, 0.1) is 0 Å². The largest absolute Gasteiger partial charge is 0.456 e. The van der Waals surface area contributed by atoms with Crippen LogP contribution >= 0.6 is 23.2 Å². The van der Waals surface area contributed by atoms with Crippen molar-refractivity contribution in [2.45, 2.75) is 45.6 Å². The molecule has 4 aromatic rings. The number of carbonyl (C=O) groups is 2. The summed E-state index contributed by atoms with van der Waals surface area (Å²) in [7, 11) is 0. The molecule has 44 heavy (non-hydrogen) atoms. The number of benzene rings is 2. The fourth-order valence-electron chi connectivity index (χ4n) is 4.53. The van der Waals surface area contributed by atoms with Crippen LogP contribution in [0.2, 0.25) is 10.0 Å². The number of nitrogens with zero attached hydrogens (tertiary/aromatic N) is 4. The van der Waals surface area contributed by atoms with Crippen LogP contribution in [0.25, 0.3) is 5.69 Å². The molecule has 0 saturated carbocycles. The van der Waals surface area contributed by atoms with Gasteiger partial charge in [-0.3, -0.25) is 10.6 Å². The van der Waals surface area contributed by atoms with Crippen LogP contribution in [0.15, 0.2) is 60.8 Å². The summed E-state index contributed by atoms with van der Waals surface area (Å²) in [6.45, 7) is 7.45. The van der Waals surface area contributed by atoms with E-state index < -0.39 is 6.03 Å². The first-order chi connectivity index (χ1) is 21.0. The van der Waals surface area contributed by atoms with Gasteiger partial charge in [0, 0.05) is 36.8 Å². The summed E-state index contributed by atoms with van der Waals surface area (Å²) in [5.74, 6) is 1.43. The van der Waals surface area contributed by atoms with E-state index in [0.717, 1.165) is 37.2 Å². The van der Waals surface area contributed by atoms with Gasteiger partial charge in [-0.1, -0.05) is 56.1 Å². The molecule has 230 valence electrons. The van der Waals surface area contributed by atoms with Crippen molar-refractivity contribution in [3.63, 3.8) is 0 Å². The molecular formula is C31H33Cl2N7O4. The monoisotopic (exact) mass is 637 g/mol. The van der Waals surface area contributed by atoms with Crippen molar-refractivity contribution in [2.24, 2.45) is 0 Å². The number of aliphatic hydroxyl groups excluding tert-OH is 1. The van der Waals surface area contributed by atoms with Crippen molar-refractivity contribution in [1.82, 2.24) is 19.7 Å². The fourth-order valence-corrected chi connectivity index (χ4v) is 4.94. The molecule has 0 aliphatic carbocycles. The first-order valence-corrected chi connectivity index (χ1v) is 14.8. The van der Waals surface area contributed by atoms with Crippen LogP contribution in [-0.2, 0) is 12.0 Å². The van der Waals surface area contributed by atoms with Gasteiger partial charge in [0.25, 0.3) is 0 Å². The first kappa shape index (κ1) is 31.1. The number of aliphatic hydroxyl groups is 1. The van der Waals surface area contributed by atoms with Crippen LogP contribution in [-0.4, -0.2) is 49.9 Å². The molecule has 0 unspecified atom stereocenters. The van der Waals surface area contributed by atoms with Crippen LogP contribution < -0.4 is 20.7 Å². The lowest BCUT2D eigenvalue weighted by atomic mass is 9.92. The number of halogens is 2. The fraction of sp³-hybridized carbons (Fsp3) is 0.290. The SMILES string of the molecule is CC(C)(C)c1cc(NC(=O)Nc2ccc(Oc3ccnc(NC(=O)N4CCCC4)c3)c(Cl)c2Cl)n(-c2ccc(CO)cc2)n1. The Bertz CT molecular complexity index is 1660. The zero-order valence-electron chi connectivity index (χ0n) is 24.5. The van der Waals surface area contributed by atoms with Crippen LogP contribution in [0.4, 0.5) is 26.9 Å². The lowest BCUT2D eigenvalue weighted by Crippen LogP contribution is -2.32. The van der Waals surface area contributed by atoms with Crippen molar-refractivity contribution >= 4 is 52.6 Å². The summed E-state index contributed by atoms with van der Waals surface area (Å²) >= 11 is 13.1. The Kier molecular flexibility index (Phi) is 9.28. The normalized spacial score (nSPS) is 13.1. The van der Waals surface area contributed by atoms with Gasteiger partial charge in [-0.05, 0) is 48.7 Å². The number of likely N-dealkylation sites (tertiary alicyclic amines) is 1. The minimum absolute atomic E-state index is 0.0754. The molecule has 1 fully saturated rings. The van der Waals surface area contributed by atoms with E-state index in [1.54, 1.807) is 46.0 Å². The lowest BCUT2D eigenvalue weighted by molar-refractivity contribution is 0.222. The molecule has 4 N–H and O–H groups in total. The van der Waals surface area contributed by atoms with Gasteiger partial charge in [0.05, 0.1) is 28.7 Å². The summed E-state index contributed by atoms with van der Waals surface area (Å²) in [5, 5.41) is 22.6. The lowest BCUT2D eigenvalue weighted by Gasteiger charge is -2.16. The molecule has 13 heteroatoms. The zero-order valence-corrected chi connectivity index (χ0v) is 26.0. The predicted octanol–water partition coefficient (Wildman–Crippen LogP) is 7.43. The quantitative estimate of drug-likeness (QED) is 0.166. The molecule has 1 saturated heterocycles. The van der Waals surface area contributed by atoms with Gasteiger partial charge < -0.3 is 20.1 Å². The molecule has 11 nitrogen and oxygen atoms in total. The van der Waals surface area contributed by atoms with Crippen LogP contribution in [0.1, 0.15) is 44.9 Å². The number of nitrogens with one attached hydrogen (secondary N) is 3. The Balaban J connectivity index is 1.29. The second-order valence-corrected chi connectivity index (χ2v) is 12.1. The molecule has 2 aromatic heterocycles. The maximum Gasteiger partial charge on any atom is 0.324 e. The predicted molar refractivity (Wildman–Crippen MR) is 171 cm³/mol. The Morgan fingerprint density at radius 2 is 1.68 bits per heavy atom. The third kappa shape index (κ3) is 7.24. The van der Waals surface area contributed by atoms with Crippen LogP contribution in [0.5, 0.6) is 11.5 Å². The Hall–Kier alpha value is -4.32. The Labute approximate surface area is 265 Å². The summed E-state index contributed by atoms with van der Waals surface area (Å²) in [6.07, 6.45) is 3.49. The van der Waals surface area contributed by atoms with E-state index in [-0.39, 0.29) is 39.5 Å². The second-order valence-electron chi connectivity index (χ2n) is 11.3. The molecule has 1 aliphatic rings. The van der Waals surface area contributed by atoms with E-state index in [2.05, 4.69) is 20.9 Å². The Morgan fingerprint density at radius 1 is 0.955 bits per heavy atom. The highest BCUT2D eigenvalue weighted by Gasteiger charge is 2.23. The number of hydrogen-bond acceptors (Lipinski definition) is 6. The zero-order chi connectivity index (χ0) is 31.4. The van der Waals surface area contributed by atoms with Crippen molar-refractivity contribution in [3.05, 3.63) is 82.1 Å². The highest BCUT2D eigenvalue weighted by atomic mass is 35.5. The maximum atomic E-state index is 13.1. The third-order valence-electron chi connectivity index (χ3n) is 6.97. The number of anilines is 3. The topological polar surface area (TPSA) is 134 Å². The number of hydrogen-bond donors (Lipinski definition) is 4. The van der Waals surface area contributed by atoms with E-state index >= 15 is 0 Å². The number of carbonyl (C=O) groups excluding carboxylic acids is 2. The van der Waals surface area contributed by atoms with Gasteiger partial charge in [-0.25, -0.2) is 19.3 Å². The minimum Gasteiger partial charge on any atom is -0.456 e. The van der Waals surface area contributed by atoms with E-state index in [9.17, 15) is 14.7 Å². The summed E-state index contributed by atoms with van der Waals surface area (Å²) in [4.78, 5) is 31.5. The highest BCUT2D eigenvalue weighted by Crippen LogP contribution is 2.40. The van der Waals surface area contributed by atoms with E-state index in [4.69, 9.17) is 33.0 Å². The minimum atomic E-state index is -0.558. The van der Waals surface area contributed by atoms with Crippen molar-refractivity contribution < 1.29 is 19.4 Å². The Morgan fingerprint density at radius 3 is 2.36 bits per heavy atom. The third-order valence-corrected chi connectivity index (χ3v) is 7.83. The maximum absolute atomic E-state index is 13.1. The number of urea groups is 2. The van der Waals surface area contributed by atoms with Crippen molar-refractivity contribution in [1.29, 1.82) is 0 Å². The number of ether oxygens (including phenoxy) is 1. The molecule has 0 radical (unpaired) electrons. The highest BCUT2D eigenvalue weighted by molar-refractivity contribution is 6.45. The molecule has 0 bridgehead atoms. The molecule has 4 amide bonds. The van der Waals surface area contributed by atoms with E-state index in [1.165, 1.54) is 6.20 Å². The smallest absolute Gasteiger partial charge is 0.324 e. The van der Waals surface area contributed by atoms with E-state index in [0.29, 0.717) is 23.1 Å². The van der Waals surface area contributed by atoms with Gasteiger partial charge in [-0.15, -0.1) is 0 Å². The van der Waals surface area contributed by atoms with Gasteiger partial charge in [0.2, 0.25) is 0 Å². The molecule has 5 rings (SSSR count). The number of pyridine rings is 1. The molecule has 2 aromatic carbocycles. The summed E-state index contributed by atoms with van der Waals surface area (Å²) < 4.78 is 7.56. The number of aromatic nitrogens is 3. The standard InChI is InChI=1S/C31H33Cl2N7O4/c1-31(2,3)24-17-26(40(38-24)20-8-6-19(18-41)7-9-20)37-29(42)35-22-10-11-23(28(33)27(22)32)44-21-12-13-34-25(16-21)36-30(43)39-14-4-5-15-39/h6-13,16-17,41H,4-5,14-15,18H2,1-3H3,(H,34,36,43)(H2,35,37,42). The van der Waals surface area contributed by atoms with Gasteiger partial charge in [-0.2, -0.15) is 5.10 Å². The molecule has 0 atom stereocenters. The number of rotatable bonds is 7. The molecule has 0 spiro atoms. The first-order valence-electron chi connectivity index (χ1n) is 14.1. The van der Waals surface area contributed by atoms with E-state index in [1.807, 2.05) is 39.0 Å². The molecular weight excluding hydrogens is 605 g/mol. The van der Waals surface area contributed by atoms with Gasteiger partial charge >= 0.3 is 12.1 Å². The van der Waals surface area contributed by atoms with Gasteiger partial charge in [0.1, 0.15) is 28.2 Å². The average Bonchev–Trinajstić information content (AvgIpc) is 3.68. The van der Waals surface area contributed by atoms with Crippen LogP contribution in [0.3, 0.4) is 0 Å². The second kappa shape index (κ2) is 13.1.